The molecule has 0 saturated carbocycles. The number of aliphatic imine (C=N–C) groups is 1. The number of hydrogen-bond donors (Lipinski definition) is 3. The molecule has 0 spiro atoms. The van der Waals surface area contributed by atoms with E-state index in [2.05, 4.69) is 58.8 Å². The summed E-state index contributed by atoms with van der Waals surface area (Å²) in [6, 6.07) is 9.87. The summed E-state index contributed by atoms with van der Waals surface area (Å²) in [6.45, 7) is 7.00. The van der Waals surface area contributed by atoms with Crippen molar-refractivity contribution in [1.29, 1.82) is 0 Å². The Kier molecular flexibility index (Phi) is 5.90. The Labute approximate surface area is 198 Å². The van der Waals surface area contributed by atoms with Crippen LogP contribution in [-0.2, 0) is 6.42 Å². The number of nitrogens with one attached hydrogen (secondary N) is 3. The first-order valence-corrected chi connectivity index (χ1v) is 11.5. The van der Waals surface area contributed by atoms with E-state index in [0.717, 1.165) is 40.5 Å². The van der Waals surface area contributed by atoms with Gasteiger partial charge in [0.1, 0.15) is 11.6 Å². The number of anilines is 2. The van der Waals surface area contributed by atoms with Gasteiger partial charge >= 0.3 is 0 Å². The van der Waals surface area contributed by atoms with Crippen molar-refractivity contribution in [3.05, 3.63) is 77.4 Å². The van der Waals surface area contributed by atoms with Crippen LogP contribution in [0.25, 0.3) is 5.57 Å². The lowest BCUT2D eigenvalue weighted by Gasteiger charge is -2.26. The van der Waals surface area contributed by atoms with Crippen LogP contribution >= 0.6 is 0 Å². The Morgan fingerprint density at radius 1 is 1.18 bits per heavy atom. The van der Waals surface area contributed by atoms with E-state index >= 15 is 0 Å². The molecule has 5 rings (SSSR count). The first-order chi connectivity index (χ1) is 16.5. The molecular weight excluding hydrogens is 426 g/mol. The molecule has 3 aromatic rings. The molecule has 0 aliphatic carbocycles. The molecule has 8 nitrogen and oxygen atoms in total. The molecule has 0 bridgehead atoms. The highest BCUT2D eigenvalue weighted by atomic mass is 16.1. The second-order valence-electron chi connectivity index (χ2n) is 8.81. The van der Waals surface area contributed by atoms with Crippen LogP contribution in [0.1, 0.15) is 48.0 Å². The molecule has 2 aliphatic rings. The van der Waals surface area contributed by atoms with Gasteiger partial charge in [0.05, 0.1) is 17.6 Å². The fraction of sp³-hybridized carbons (Fsp3) is 0.269. The molecule has 0 saturated heterocycles. The molecule has 2 aliphatic heterocycles. The second kappa shape index (κ2) is 9.15. The van der Waals surface area contributed by atoms with Crippen molar-refractivity contribution < 1.29 is 4.79 Å². The highest BCUT2D eigenvalue weighted by Crippen LogP contribution is 2.34. The number of carbonyl (C=O) groups is 1. The van der Waals surface area contributed by atoms with Gasteiger partial charge in [0, 0.05) is 53.4 Å². The third kappa shape index (κ3) is 4.45. The van der Waals surface area contributed by atoms with Crippen LogP contribution in [0.15, 0.2) is 60.0 Å². The fourth-order valence-corrected chi connectivity index (χ4v) is 4.29. The monoisotopic (exact) mass is 453 g/mol. The maximum absolute atomic E-state index is 12.5. The van der Waals surface area contributed by atoms with Crippen molar-refractivity contribution in [3.8, 4) is 0 Å². The van der Waals surface area contributed by atoms with Crippen LogP contribution in [0.3, 0.4) is 0 Å². The van der Waals surface area contributed by atoms with E-state index in [1.807, 2.05) is 18.3 Å². The average molecular weight is 454 g/mol. The fourth-order valence-electron chi connectivity index (χ4n) is 4.29. The van der Waals surface area contributed by atoms with Gasteiger partial charge < -0.3 is 16.0 Å². The highest BCUT2D eigenvalue weighted by Gasteiger charge is 2.23. The molecule has 3 N–H and O–H groups in total. The van der Waals surface area contributed by atoms with Crippen LogP contribution in [0.4, 0.5) is 17.3 Å². The quantitative estimate of drug-likeness (QED) is 0.540. The SMILES string of the molecule is CC1=Nc2cnc(C3=CCNc4nc(NC(=O)c5ccncc5)ccc43)cc2C[C@@H]1NC(C)C. The van der Waals surface area contributed by atoms with Gasteiger partial charge in [-0.15, -0.1) is 0 Å². The number of nitrogens with zero attached hydrogens (tertiary/aromatic N) is 4. The van der Waals surface area contributed by atoms with E-state index in [1.165, 1.54) is 5.56 Å². The number of pyridine rings is 3. The van der Waals surface area contributed by atoms with Crippen molar-refractivity contribution in [1.82, 2.24) is 20.3 Å². The lowest BCUT2D eigenvalue weighted by atomic mass is 9.94. The third-order valence-electron chi connectivity index (χ3n) is 5.95. The standard InChI is InChI=1S/C26H27N7O/c1-15(2)30-21-12-18-13-22(29-14-23(18)31-16(21)3)19-8-11-28-25-20(19)4-5-24(32-25)33-26(34)17-6-9-27-10-7-17/h4-10,13-15,21,30H,11-12H2,1-3H3,(H2,28,32,33,34)/t21-/m0/s1. The zero-order chi connectivity index (χ0) is 23.7. The first kappa shape index (κ1) is 21.9. The second-order valence-corrected chi connectivity index (χ2v) is 8.81. The summed E-state index contributed by atoms with van der Waals surface area (Å²) in [7, 11) is 0. The van der Waals surface area contributed by atoms with Crippen LogP contribution < -0.4 is 16.0 Å². The molecule has 0 radical (unpaired) electrons. The molecule has 8 heteroatoms. The Bertz CT molecular complexity index is 1300. The molecule has 1 atom stereocenters. The number of hydrogen-bond acceptors (Lipinski definition) is 7. The topological polar surface area (TPSA) is 104 Å². The highest BCUT2D eigenvalue weighted by molar-refractivity contribution is 6.04. The largest absolute Gasteiger partial charge is 0.366 e. The van der Waals surface area contributed by atoms with E-state index < -0.39 is 0 Å². The summed E-state index contributed by atoms with van der Waals surface area (Å²) in [4.78, 5) is 30.6. The van der Waals surface area contributed by atoms with Crippen molar-refractivity contribution in [2.45, 2.75) is 39.3 Å². The Balaban J connectivity index is 1.40. The van der Waals surface area contributed by atoms with Gasteiger partial charge in [-0.2, -0.15) is 0 Å². The maximum atomic E-state index is 12.5. The number of rotatable bonds is 5. The average Bonchev–Trinajstić information content (AvgIpc) is 2.84. The molecule has 5 heterocycles. The van der Waals surface area contributed by atoms with Crippen molar-refractivity contribution >= 4 is 34.5 Å². The lowest BCUT2D eigenvalue weighted by molar-refractivity contribution is 0.102. The lowest BCUT2D eigenvalue weighted by Crippen LogP contribution is -2.42. The summed E-state index contributed by atoms with van der Waals surface area (Å²) < 4.78 is 0. The van der Waals surface area contributed by atoms with Crippen LogP contribution in [0.2, 0.25) is 0 Å². The van der Waals surface area contributed by atoms with Crippen molar-refractivity contribution in [2.24, 2.45) is 4.99 Å². The van der Waals surface area contributed by atoms with E-state index in [-0.39, 0.29) is 11.9 Å². The van der Waals surface area contributed by atoms with E-state index in [9.17, 15) is 4.79 Å². The summed E-state index contributed by atoms with van der Waals surface area (Å²) in [5.74, 6) is 0.982. The molecule has 34 heavy (non-hydrogen) atoms. The number of aromatic nitrogens is 3. The summed E-state index contributed by atoms with van der Waals surface area (Å²) in [5.41, 5.74) is 6.62. The minimum absolute atomic E-state index is 0.224. The van der Waals surface area contributed by atoms with Gasteiger partial charge in [-0.25, -0.2) is 4.98 Å². The zero-order valence-corrected chi connectivity index (χ0v) is 19.5. The minimum Gasteiger partial charge on any atom is -0.366 e. The number of carbonyl (C=O) groups excluding carboxylic acids is 1. The predicted molar refractivity (Wildman–Crippen MR) is 135 cm³/mol. The molecule has 172 valence electrons. The minimum atomic E-state index is -0.224. The van der Waals surface area contributed by atoms with Crippen LogP contribution in [-0.4, -0.2) is 45.2 Å². The molecule has 0 aromatic carbocycles. The molecular formula is C26H27N7O. The zero-order valence-electron chi connectivity index (χ0n) is 19.5. The normalized spacial score (nSPS) is 16.6. The van der Waals surface area contributed by atoms with E-state index in [1.54, 1.807) is 24.5 Å². The Hall–Kier alpha value is -3.91. The molecule has 0 fully saturated rings. The maximum Gasteiger partial charge on any atom is 0.256 e. The van der Waals surface area contributed by atoms with E-state index in [4.69, 9.17) is 9.98 Å². The predicted octanol–water partition coefficient (Wildman–Crippen LogP) is 4.00. The van der Waals surface area contributed by atoms with Crippen LogP contribution in [0.5, 0.6) is 0 Å². The van der Waals surface area contributed by atoms with Crippen LogP contribution in [0, 0.1) is 0 Å². The van der Waals surface area contributed by atoms with E-state index in [0.29, 0.717) is 24.0 Å². The van der Waals surface area contributed by atoms with Gasteiger partial charge in [0.25, 0.3) is 5.91 Å². The summed E-state index contributed by atoms with van der Waals surface area (Å²) >= 11 is 0. The number of amides is 1. The number of fused-ring (bicyclic) bond motifs is 2. The van der Waals surface area contributed by atoms with Gasteiger partial charge in [0.2, 0.25) is 0 Å². The Morgan fingerprint density at radius 2 is 2.00 bits per heavy atom. The molecule has 0 unspecified atom stereocenters. The van der Waals surface area contributed by atoms with Gasteiger partial charge in [-0.3, -0.25) is 19.8 Å². The third-order valence-corrected chi connectivity index (χ3v) is 5.95. The van der Waals surface area contributed by atoms with Gasteiger partial charge in [-0.05, 0) is 49.2 Å². The Morgan fingerprint density at radius 3 is 2.79 bits per heavy atom. The van der Waals surface area contributed by atoms with Crippen molar-refractivity contribution in [3.63, 3.8) is 0 Å². The smallest absolute Gasteiger partial charge is 0.256 e. The summed E-state index contributed by atoms with van der Waals surface area (Å²) in [5, 5.41) is 9.75. The first-order valence-electron chi connectivity index (χ1n) is 11.5. The van der Waals surface area contributed by atoms with Gasteiger partial charge in [-0.1, -0.05) is 19.9 Å². The molecule has 3 aromatic heterocycles. The molecule has 1 amide bonds. The van der Waals surface area contributed by atoms with Gasteiger partial charge in [0.15, 0.2) is 0 Å². The van der Waals surface area contributed by atoms with Crippen molar-refractivity contribution in [2.75, 3.05) is 17.2 Å². The summed E-state index contributed by atoms with van der Waals surface area (Å²) in [6.07, 6.45) is 8.05.